The number of ether oxygens (including phenoxy) is 2. The highest BCUT2D eigenvalue weighted by atomic mass is 16.6. The topological polar surface area (TPSA) is 113 Å². The van der Waals surface area contributed by atoms with E-state index >= 15 is 0 Å². The second kappa shape index (κ2) is 24.9. The summed E-state index contributed by atoms with van der Waals surface area (Å²) in [6.45, 7) is 4.40. The molecule has 2 N–H and O–H groups in total. The normalized spacial score (nSPS) is 11.8. The van der Waals surface area contributed by atoms with Crippen molar-refractivity contribution in [3.63, 3.8) is 0 Å². The highest BCUT2D eigenvalue weighted by Crippen LogP contribution is 2.12. The smallest absolute Gasteiger partial charge is 0.330 e. The van der Waals surface area contributed by atoms with Crippen LogP contribution in [0.3, 0.4) is 0 Å². The monoisotopic (exact) mass is 511 g/mol. The summed E-state index contributed by atoms with van der Waals surface area (Å²) >= 11 is 0. The largest absolute Gasteiger partial charge is 0.393 e. The molecule has 0 aliphatic carbocycles. The molecule has 0 amide bonds. The van der Waals surface area contributed by atoms with Crippen molar-refractivity contribution in [2.45, 2.75) is 161 Å². The van der Waals surface area contributed by atoms with E-state index < -0.39 is 29.9 Å². The van der Waals surface area contributed by atoms with Gasteiger partial charge in [0, 0.05) is 19.3 Å². The van der Waals surface area contributed by atoms with Crippen LogP contribution in [-0.2, 0) is 28.7 Å². The molecule has 7 heteroatoms. The summed E-state index contributed by atoms with van der Waals surface area (Å²) in [6, 6.07) is -1.10. The molecular weight excluding hydrogens is 458 g/mol. The Labute approximate surface area is 219 Å². The van der Waals surface area contributed by atoms with Crippen LogP contribution in [0.1, 0.15) is 155 Å². The van der Waals surface area contributed by atoms with Crippen LogP contribution < -0.4 is 5.73 Å². The summed E-state index contributed by atoms with van der Waals surface area (Å²) in [5.74, 6) is -2.68. The van der Waals surface area contributed by atoms with Crippen LogP contribution in [0.15, 0.2) is 0 Å². The zero-order valence-corrected chi connectivity index (χ0v) is 23.2. The van der Waals surface area contributed by atoms with Crippen LogP contribution in [0.2, 0.25) is 0 Å². The van der Waals surface area contributed by atoms with Crippen LogP contribution in [0.5, 0.6) is 0 Å². The minimum atomic E-state index is -1.10. The molecule has 0 aromatic rings. The van der Waals surface area contributed by atoms with Crippen molar-refractivity contribution in [2.75, 3.05) is 0 Å². The van der Waals surface area contributed by atoms with Gasteiger partial charge < -0.3 is 15.2 Å². The van der Waals surface area contributed by atoms with Crippen molar-refractivity contribution in [3.05, 3.63) is 0 Å². The van der Waals surface area contributed by atoms with Gasteiger partial charge in [0.2, 0.25) is 0 Å². The molecule has 0 radical (unpaired) electrons. The second-order valence-electron chi connectivity index (χ2n) is 9.94. The van der Waals surface area contributed by atoms with Crippen molar-refractivity contribution in [3.8, 4) is 0 Å². The summed E-state index contributed by atoms with van der Waals surface area (Å²) in [6.07, 6.45) is 20.6. The molecule has 0 rings (SSSR count). The van der Waals surface area contributed by atoms with E-state index in [2.05, 4.69) is 13.8 Å². The average molecular weight is 512 g/mol. The molecule has 0 saturated carbocycles. The number of hydrogen-bond donors (Lipinski definition) is 1. The zero-order valence-electron chi connectivity index (χ0n) is 23.2. The maximum absolute atomic E-state index is 12.0. The number of esters is 4. The Morgan fingerprint density at radius 2 is 0.833 bits per heavy atom. The van der Waals surface area contributed by atoms with Crippen LogP contribution in [0.25, 0.3) is 0 Å². The van der Waals surface area contributed by atoms with Gasteiger partial charge in [-0.05, 0) is 19.3 Å². The van der Waals surface area contributed by atoms with Crippen LogP contribution in [-0.4, -0.2) is 29.9 Å². The first kappa shape index (κ1) is 34.2. The lowest BCUT2D eigenvalue weighted by Crippen LogP contribution is -2.34. The number of carbonyl (C=O) groups excluding carboxylic acids is 4. The highest BCUT2D eigenvalue weighted by molar-refractivity contribution is 5.89. The maximum Gasteiger partial charge on any atom is 0.330 e. The van der Waals surface area contributed by atoms with Crippen molar-refractivity contribution >= 4 is 23.9 Å². The van der Waals surface area contributed by atoms with Gasteiger partial charge in [0.15, 0.2) is 0 Å². The van der Waals surface area contributed by atoms with Gasteiger partial charge in [0.25, 0.3) is 0 Å². The summed E-state index contributed by atoms with van der Waals surface area (Å²) < 4.78 is 9.58. The summed E-state index contributed by atoms with van der Waals surface area (Å²) in [4.78, 5) is 47.4. The summed E-state index contributed by atoms with van der Waals surface area (Å²) in [5, 5.41) is 0. The van der Waals surface area contributed by atoms with Crippen molar-refractivity contribution in [1.29, 1.82) is 0 Å². The minimum absolute atomic E-state index is 0.0334. The Hall–Kier alpha value is -1.76. The van der Waals surface area contributed by atoms with Gasteiger partial charge in [-0.15, -0.1) is 0 Å². The van der Waals surface area contributed by atoms with E-state index in [1.807, 2.05) is 0 Å². The molecule has 1 atom stereocenters. The number of nitrogens with two attached hydrogens (primary N) is 1. The molecule has 7 nitrogen and oxygen atoms in total. The lowest BCUT2D eigenvalue weighted by Gasteiger charge is -2.10. The Bertz CT molecular complexity index is 592. The molecule has 0 aliphatic heterocycles. The SMILES string of the molecule is CCCCCCCCCCCC(=O)OC(=O)CCC(N)C(=O)OC(=O)CCCCCCCCCCC. The predicted molar refractivity (Wildman–Crippen MR) is 143 cm³/mol. The first-order valence-electron chi connectivity index (χ1n) is 14.6. The van der Waals surface area contributed by atoms with E-state index in [1.165, 1.54) is 77.0 Å². The van der Waals surface area contributed by atoms with Crippen LogP contribution >= 0.6 is 0 Å². The molecule has 0 aromatic carbocycles. The van der Waals surface area contributed by atoms with Gasteiger partial charge in [0.05, 0.1) is 0 Å². The van der Waals surface area contributed by atoms with E-state index in [0.717, 1.165) is 25.7 Å². The van der Waals surface area contributed by atoms with E-state index in [1.54, 1.807) is 0 Å². The molecule has 0 fully saturated rings. The highest BCUT2D eigenvalue weighted by Gasteiger charge is 2.21. The van der Waals surface area contributed by atoms with Crippen LogP contribution in [0, 0.1) is 0 Å². The fraction of sp³-hybridized carbons (Fsp3) is 0.862. The second-order valence-corrected chi connectivity index (χ2v) is 9.94. The standard InChI is InChI=1S/C29H53NO6/c1-3-5-7-9-11-13-15-17-19-21-26(31)35-28(33)24-23-25(30)29(34)36-27(32)22-20-18-16-14-12-10-8-6-4-2/h25H,3-24,30H2,1-2H3. The summed E-state index contributed by atoms with van der Waals surface area (Å²) in [7, 11) is 0. The van der Waals surface area contributed by atoms with Gasteiger partial charge >= 0.3 is 23.9 Å². The lowest BCUT2D eigenvalue weighted by molar-refractivity contribution is -0.160. The van der Waals surface area contributed by atoms with Crippen molar-refractivity contribution < 1.29 is 28.7 Å². The number of hydrogen-bond acceptors (Lipinski definition) is 7. The van der Waals surface area contributed by atoms with Crippen LogP contribution in [0.4, 0.5) is 0 Å². The molecule has 1 unspecified atom stereocenters. The molecule has 0 saturated heterocycles. The average Bonchev–Trinajstić information content (AvgIpc) is 2.85. The third-order valence-electron chi connectivity index (χ3n) is 6.37. The van der Waals surface area contributed by atoms with Gasteiger partial charge in [0.1, 0.15) is 6.04 Å². The van der Waals surface area contributed by atoms with E-state index in [-0.39, 0.29) is 25.7 Å². The molecule has 210 valence electrons. The van der Waals surface area contributed by atoms with Crippen molar-refractivity contribution in [1.82, 2.24) is 0 Å². The van der Waals surface area contributed by atoms with E-state index in [9.17, 15) is 19.2 Å². The van der Waals surface area contributed by atoms with Gasteiger partial charge in [-0.1, -0.05) is 117 Å². The Morgan fingerprint density at radius 3 is 1.25 bits per heavy atom. The van der Waals surface area contributed by atoms with Crippen molar-refractivity contribution in [2.24, 2.45) is 5.73 Å². The van der Waals surface area contributed by atoms with Gasteiger partial charge in [-0.3, -0.25) is 14.4 Å². The predicted octanol–water partition coefficient (Wildman–Crippen LogP) is 7.08. The molecule has 0 bridgehead atoms. The number of rotatable bonds is 24. The number of unbranched alkanes of at least 4 members (excludes halogenated alkanes) is 16. The molecule has 0 spiro atoms. The Morgan fingerprint density at radius 1 is 0.500 bits per heavy atom. The third kappa shape index (κ3) is 22.7. The molecular formula is C29H53NO6. The Balaban J connectivity index is 3.74. The Kier molecular flexibility index (Phi) is 23.7. The number of carbonyl (C=O) groups is 4. The molecule has 36 heavy (non-hydrogen) atoms. The fourth-order valence-corrected chi connectivity index (χ4v) is 4.02. The van der Waals surface area contributed by atoms with E-state index in [4.69, 9.17) is 15.2 Å². The molecule has 0 aromatic heterocycles. The lowest BCUT2D eigenvalue weighted by atomic mass is 10.1. The minimum Gasteiger partial charge on any atom is -0.393 e. The quantitative estimate of drug-likeness (QED) is 0.0837. The first-order chi connectivity index (χ1) is 17.4. The first-order valence-corrected chi connectivity index (χ1v) is 14.6. The third-order valence-corrected chi connectivity index (χ3v) is 6.37. The summed E-state index contributed by atoms with van der Waals surface area (Å²) in [5.41, 5.74) is 5.73. The molecule has 0 aliphatic rings. The molecule has 0 heterocycles. The fourth-order valence-electron chi connectivity index (χ4n) is 4.02. The van der Waals surface area contributed by atoms with E-state index in [0.29, 0.717) is 12.8 Å². The maximum atomic E-state index is 12.0. The van der Waals surface area contributed by atoms with Gasteiger partial charge in [-0.2, -0.15) is 0 Å². The zero-order chi connectivity index (χ0) is 26.9. The van der Waals surface area contributed by atoms with Gasteiger partial charge in [-0.25, -0.2) is 4.79 Å².